The van der Waals surface area contributed by atoms with Crippen LogP contribution in [-0.2, 0) is 0 Å². The topological polar surface area (TPSA) is 30.7 Å². The molecule has 0 atom stereocenters. The van der Waals surface area contributed by atoms with Gasteiger partial charge in [-0.25, -0.2) is 4.68 Å². The number of aromatic nitrogens is 3. The molecular formula is C9H8IN3. The van der Waals surface area contributed by atoms with Crippen molar-refractivity contribution >= 4 is 22.6 Å². The van der Waals surface area contributed by atoms with Gasteiger partial charge in [-0.15, -0.1) is 0 Å². The van der Waals surface area contributed by atoms with E-state index in [-0.39, 0.29) is 0 Å². The summed E-state index contributed by atoms with van der Waals surface area (Å²) in [5, 5.41) is 4.31. The number of halogens is 1. The molecule has 0 saturated heterocycles. The molecule has 3 nitrogen and oxygen atoms in total. The first kappa shape index (κ1) is 8.68. The SMILES string of the molecule is Cc1ccn(-c2ccnc(I)c2)n1. The first-order valence-electron chi connectivity index (χ1n) is 3.90. The van der Waals surface area contributed by atoms with Gasteiger partial charge in [0.1, 0.15) is 3.70 Å². The molecule has 0 bridgehead atoms. The number of pyridine rings is 1. The minimum atomic E-state index is 0.975. The zero-order valence-electron chi connectivity index (χ0n) is 7.11. The Kier molecular flexibility index (Phi) is 2.30. The summed E-state index contributed by atoms with van der Waals surface area (Å²) in [5.41, 5.74) is 2.07. The van der Waals surface area contributed by atoms with Crippen molar-refractivity contribution in [3.8, 4) is 5.69 Å². The normalized spacial score (nSPS) is 10.3. The van der Waals surface area contributed by atoms with Crippen LogP contribution in [0.5, 0.6) is 0 Å². The van der Waals surface area contributed by atoms with Crippen molar-refractivity contribution in [3.63, 3.8) is 0 Å². The van der Waals surface area contributed by atoms with Crippen LogP contribution in [0.4, 0.5) is 0 Å². The Balaban J connectivity index is 2.46. The maximum absolute atomic E-state index is 4.31. The molecule has 0 aliphatic carbocycles. The van der Waals surface area contributed by atoms with E-state index in [4.69, 9.17) is 0 Å². The zero-order chi connectivity index (χ0) is 9.26. The van der Waals surface area contributed by atoms with Crippen LogP contribution >= 0.6 is 22.6 Å². The molecule has 13 heavy (non-hydrogen) atoms. The van der Waals surface area contributed by atoms with Gasteiger partial charge >= 0.3 is 0 Å². The van der Waals surface area contributed by atoms with E-state index in [1.807, 2.05) is 36.0 Å². The lowest BCUT2D eigenvalue weighted by molar-refractivity contribution is 0.858. The third-order valence-electron chi connectivity index (χ3n) is 1.70. The van der Waals surface area contributed by atoms with Crippen molar-refractivity contribution in [2.75, 3.05) is 0 Å². The Morgan fingerprint density at radius 2 is 2.23 bits per heavy atom. The van der Waals surface area contributed by atoms with Gasteiger partial charge in [-0.2, -0.15) is 5.10 Å². The quantitative estimate of drug-likeness (QED) is 0.594. The smallest absolute Gasteiger partial charge is 0.103 e. The average molecular weight is 285 g/mol. The van der Waals surface area contributed by atoms with Crippen LogP contribution < -0.4 is 0 Å². The monoisotopic (exact) mass is 285 g/mol. The number of hydrogen-bond acceptors (Lipinski definition) is 2. The lowest BCUT2D eigenvalue weighted by Crippen LogP contribution is -1.95. The van der Waals surface area contributed by atoms with E-state index in [1.54, 1.807) is 6.20 Å². The van der Waals surface area contributed by atoms with E-state index >= 15 is 0 Å². The highest BCUT2D eigenvalue weighted by Gasteiger charge is 1.98. The van der Waals surface area contributed by atoms with Crippen LogP contribution in [0.2, 0.25) is 0 Å². The summed E-state index contributed by atoms with van der Waals surface area (Å²) in [6, 6.07) is 5.91. The molecule has 4 heteroatoms. The van der Waals surface area contributed by atoms with E-state index in [0.717, 1.165) is 15.1 Å². The van der Waals surface area contributed by atoms with Crippen LogP contribution in [0.3, 0.4) is 0 Å². The van der Waals surface area contributed by atoms with E-state index in [1.165, 1.54) is 0 Å². The molecule has 0 amide bonds. The fraction of sp³-hybridized carbons (Fsp3) is 0.111. The van der Waals surface area contributed by atoms with Gasteiger partial charge in [0.05, 0.1) is 11.4 Å². The van der Waals surface area contributed by atoms with Gasteiger partial charge in [0, 0.05) is 12.4 Å². The van der Waals surface area contributed by atoms with Gasteiger partial charge in [-0.1, -0.05) is 0 Å². The Morgan fingerprint density at radius 1 is 1.38 bits per heavy atom. The highest BCUT2D eigenvalue weighted by Crippen LogP contribution is 2.09. The molecule has 0 saturated carbocycles. The second kappa shape index (κ2) is 3.45. The third-order valence-corrected chi connectivity index (χ3v) is 2.29. The molecule has 0 aliphatic rings. The molecule has 0 aromatic carbocycles. The summed E-state index contributed by atoms with van der Waals surface area (Å²) in [5.74, 6) is 0. The maximum atomic E-state index is 4.31. The summed E-state index contributed by atoms with van der Waals surface area (Å²) in [6.07, 6.45) is 3.73. The summed E-state index contributed by atoms with van der Waals surface area (Å²) >= 11 is 2.19. The molecule has 66 valence electrons. The van der Waals surface area contributed by atoms with Crippen molar-refractivity contribution in [2.45, 2.75) is 6.92 Å². The summed E-state index contributed by atoms with van der Waals surface area (Å²) < 4.78 is 2.82. The van der Waals surface area contributed by atoms with Crippen LogP contribution in [0.15, 0.2) is 30.6 Å². The van der Waals surface area contributed by atoms with Crippen LogP contribution in [0, 0.1) is 10.6 Å². The molecule has 0 unspecified atom stereocenters. The van der Waals surface area contributed by atoms with Gasteiger partial charge in [0.2, 0.25) is 0 Å². The highest BCUT2D eigenvalue weighted by atomic mass is 127. The van der Waals surface area contributed by atoms with Crippen LogP contribution in [0.1, 0.15) is 5.69 Å². The maximum Gasteiger partial charge on any atom is 0.103 e. The molecule has 0 N–H and O–H groups in total. The Morgan fingerprint density at radius 3 is 2.85 bits per heavy atom. The van der Waals surface area contributed by atoms with Gasteiger partial charge in [-0.05, 0) is 47.7 Å². The number of nitrogens with zero attached hydrogens (tertiary/aromatic N) is 3. The first-order chi connectivity index (χ1) is 6.25. The van der Waals surface area contributed by atoms with Crippen molar-refractivity contribution < 1.29 is 0 Å². The fourth-order valence-electron chi connectivity index (χ4n) is 1.09. The van der Waals surface area contributed by atoms with Crippen molar-refractivity contribution in [1.82, 2.24) is 14.8 Å². The molecule has 2 heterocycles. The predicted octanol–water partition coefficient (Wildman–Crippen LogP) is 2.18. The second-order valence-electron chi connectivity index (χ2n) is 2.74. The Labute approximate surface area is 89.9 Å². The Hall–Kier alpha value is -0.910. The standard InChI is InChI=1S/C9H8IN3/c1-7-3-5-13(12-7)8-2-4-11-9(10)6-8/h2-6H,1H3. The molecule has 2 rings (SSSR count). The number of rotatable bonds is 1. The minimum Gasteiger partial charge on any atom is -0.250 e. The van der Waals surface area contributed by atoms with E-state index < -0.39 is 0 Å². The number of aryl methyl sites for hydroxylation is 1. The van der Waals surface area contributed by atoms with Gasteiger partial charge in [0.25, 0.3) is 0 Å². The van der Waals surface area contributed by atoms with Gasteiger partial charge in [0.15, 0.2) is 0 Å². The Bertz CT molecular complexity index is 422. The third kappa shape index (κ3) is 1.88. The fourth-order valence-corrected chi connectivity index (χ4v) is 1.57. The molecule has 0 fully saturated rings. The van der Waals surface area contributed by atoms with E-state index in [0.29, 0.717) is 0 Å². The molecule has 0 aliphatic heterocycles. The molecule has 0 radical (unpaired) electrons. The van der Waals surface area contributed by atoms with E-state index in [2.05, 4.69) is 32.7 Å². The summed E-state index contributed by atoms with van der Waals surface area (Å²) in [6.45, 7) is 1.97. The summed E-state index contributed by atoms with van der Waals surface area (Å²) in [4.78, 5) is 4.12. The predicted molar refractivity (Wildman–Crippen MR) is 58.8 cm³/mol. The first-order valence-corrected chi connectivity index (χ1v) is 4.98. The van der Waals surface area contributed by atoms with E-state index in [9.17, 15) is 0 Å². The zero-order valence-corrected chi connectivity index (χ0v) is 9.26. The summed E-state index contributed by atoms with van der Waals surface area (Å²) in [7, 11) is 0. The molecular weight excluding hydrogens is 277 g/mol. The second-order valence-corrected chi connectivity index (χ2v) is 3.84. The van der Waals surface area contributed by atoms with Crippen molar-refractivity contribution in [2.24, 2.45) is 0 Å². The molecule has 2 aromatic heterocycles. The van der Waals surface area contributed by atoms with Gasteiger partial charge < -0.3 is 0 Å². The molecule has 2 aromatic rings. The lowest BCUT2D eigenvalue weighted by Gasteiger charge is -1.99. The van der Waals surface area contributed by atoms with Crippen LogP contribution in [-0.4, -0.2) is 14.8 Å². The largest absolute Gasteiger partial charge is 0.250 e. The minimum absolute atomic E-state index is 0.975. The van der Waals surface area contributed by atoms with Crippen molar-refractivity contribution in [1.29, 1.82) is 0 Å². The van der Waals surface area contributed by atoms with Gasteiger partial charge in [-0.3, -0.25) is 4.98 Å². The average Bonchev–Trinajstić information content (AvgIpc) is 2.52. The number of hydrogen-bond donors (Lipinski definition) is 0. The highest BCUT2D eigenvalue weighted by molar-refractivity contribution is 14.1. The molecule has 0 spiro atoms. The lowest BCUT2D eigenvalue weighted by atomic mass is 10.4. The van der Waals surface area contributed by atoms with Crippen molar-refractivity contribution in [3.05, 3.63) is 40.0 Å². The van der Waals surface area contributed by atoms with Crippen LogP contribution in [0.25, 0.3) is 5.69 Å².